The van der Waals surface area contributed by atoms with Crippen molar-refractivity contribution in [3.8, 4) is 5.75 Å². The number of ether oxygens (including phenoxy) is 1. The van der Waals surface area contributed by atoms with Crippen LogP contribution in [-0.2, 0) is 9.59 Å². The second-order valence-electron chi connectivity index (χ2n) is 5.08. The predicted molar refractivity (Wildman–Crippen MR) is 76.4 cm³/mol. The smallest absolute Gasteiger partial charge is 0.251 e. The Morgan fingerprint density at radius 3 is 2.65 bits per heavy atom. The summed E-state index contributed by atoms with van der Waals surface area (Å²) in [5, 5.41) is 3.02. The number of carbonyl (C=O) groups excluding carboxylic acids is 2. The fraction of sp³-hybridized carbons (Fsp3) is 0.429. The molecule has 1 aliphatic heterocycles. The lowest BCUT2D eigenvalue weighted by molar-refractivity contribution is -0.136. The molecule has 1 atom stereocenters. The van der Waals surface area contributed by atoms with Gasteiger partial charge in [0, 0.05) is 7.05 Å². The van der Waals surface area contributed by atoms with Crippen molar-refractivity contribution in [3.05, 3.63) is 18.2 Å². The molecule has 1 saturated heterocycles. The molecule has 1 aliphatic rings. The standard InChI is InChI=1S/C14H19N3O3/c1-8(2)20-11-6-4-5-9(13(11)15)16-10-7-12(18)17(3)14(10)19/h4-6,8,10,16H,7,15H2,1-3H3. The number of amides is 2. The van der Waals surface area contributed by atoms with Gasteiger partial charge in [0.15, 0.2) is 0 Å². The minimum Gasteiger partial charge on any atom is -0.489 e. The number of likely N-dealkylation sites (N-methyl/N-ethyl adjacent to an activating group) is 1. The van der Waals surface area contributed by atoms with Crippen molar-refractivity contribution >= 4 is 23.2 Å². The number of nitrogens with zero attached hydrogens (tertiary/aromatic N) is 1. The van der Waals surface area contributed by atoms with E-state index in [2.05, 4.69) is 5.32 Å². The van der Waals surface area contributed by atoms with Crippen LogP contribution in [0.1, 0.15) is 20.3 Å². The van der Waals surface area contributed by atoms with Crippen molar-refractivity contribution in [1.82, 2.24) is 4.90 Å². The van der Waals surface area contributed by atoms with Crippen LogP contribution >= 0.6 is 0 Å². The Balaban J connectivity index is 2.18. The number of carbonyl (C=O) groups is 2. The van der Waals surface area contributed by atoms with E-state index in [-0.39, 0.29) is 24.3 Å². The summed E-state index contributed by atoms with van der Waals surface area (Å²) in [6, 6.07) is 4.76. The van der Waals surface area contributed by atoms with Crippen LogP contribution in [0.4, 0.5) is 11.4 Å². The van der Waals surface area contributed by atoms with Crippen LogP contribution in [0, 0.1) is 0 Å². The molecule has 3 N–H and O–H groups in total. The molecule has 0 saturated carbocycles. The van der Waals surface area contributed by atoms with Crippen LogP contribution in [0.15, 0.2) is 18.2 Å². The molecule has 0 bridgehead atoms. The summed E-state index contributed by atoms with van der Waals surface area (Å²) in [4.78, 5) is 24.5. The molecule has 0 aromatic heterocycles. The second-order valence-corrected chi connectivity index (χ2v) is 5.08. The molecule has 1 aromatic rings. The number of likely N-dealkylation sites (tertiary alicyclic amines) is 1. The number of nitrogens with one attached hydrogen (secondary N) is 1. The summed E-state index contributed by atoms with van der Waals surface area (Å²) in [5.41, 5.74) is 7.07. The Kier molecular flexibility index (Phi) is 3.83. The summed E-state index contributed by atoms with van der Waals surface area (Å²) in [6.45, 7) is 3.82. The lowest BCUT2D eigenvalue weighted by atomic mass is 10.2. The van der Waals surface area contributed by atoms with Crippen molar-refractivity contribution in [2.75, 3.05) is 18.1 Å². The Bertz CT molecular complexity index is 542. The largest absolute Gasteiger partial charge is 0.489 e. The first-order valence-corrected chi connectivity index (χ1v) is 6.52. The number of para-hydroxylation sites is 1. The molecule has 1 fully saturated rings. The molecule has 1 unspecified atom stereocenters. The fourth-order valence-corrected chi connectivity index (χ4v) is 2.08. The SMILES string of the molecule is CC(C)Oc1cccc(NC2CC(=O)N(C)C2=O)c1N. The van der Waals surface area contributed by atoms with Gasteiger partial charge in [-0.05, 0) is 26.0 Å². The monoisotopic (exact) mass is 277 g/mol. The number of hydrogen-bond donors (Lipinski definition) is 2. The van der Waals surface area contributed by atoms with Gasteiger partial charge in [-0.1, -0.05) is 6.07 Å². The number of imide groups is 1. The van der Waals surface area contributed by atoms with Gasteiger partial charge in [-0.2, -0.15) is 0 Å². The molecule has 20 heavy (non-hydrogen) atoms. The Morgan fingerprint density at radius 1 is 1.40 bits per heavy atom. The van der Waals surface area contributed by atoms with Crippen LogP contribution in [0.25, 0.3) is 0 Å². The zero-order chi connectivity index (χ0) is 14.9. The summed E-state index contributed by atoms with van der Waals surface area (Å²) in [6.07, 6.45) is 0.151. The van der Waals surface area contributed by atoms with Crippen molar-refractivity contribution in [2.24, 2.45) is 0 Å². The lowest BCUT2D eigenvalue weighted by Gasteiger charge is -2.18. The van der Waals surface area contributed by atoms with E-state index < -0.39 is 6.04 Å². The summed E-state index contributed by atoms with van der Waals surface area (Å²) in [5.74, 6) is 0.125. The normalized spacial score (nSPS) is 18.8. The Morgan fingerprint density at radius 2 is 2.10 bits per heavy atom. The van der Waals surface area contributed by atoms with E-state index in [1.54, 1.807) is 18.2 Å². The van der Waals surface area contributed by atoms with Crippen LogP contribution in [-0.4, -0.2) is 35.9 Å². The molecule has 1 aromatic carbocycles. The maximum Gasteiger partial charge on any atom is 0.251 e. The van der Waals surface area contributed by atoms with E-state index in [1.807, 2.05) is 13.8 Å². The third kappa shape index (κ3) is 2.68. The second kappa shape index (κ2) is 5.40. The topological polar surface area (TPSA) is 84.7 Å². The molecule has 1 heterocycles. The van der Waals surface area contributed by atoms with E-state index >= 15 is 0 Å². The first-order chi connectivity index (χ1) is 9.40. The lowest BCUT2D eigenvalue weighted by Crippen LogP contribution is -2.32. The number of hydrogen-bond acceptors (Lipinski definition) is 5. The van der Waals surface area contributed by atoms with Gasteiger partial charge >= 0.3 is 0 Å². The van der Waals surface area contributed by atoms with Crippen molar-refractivity contribution in [2.45, 2.75) is 32.4 Å². The van der Waals surface area contributed by atoms with E-state index in [1.165, 1.54) is 7.05 Å². The van der Waals surface area contributed by atoms with Crippen LogP contribution in [0.5, 0.6) is 5.75 Å². The molecule has 0 aliphatic carbocycles. The minimum atomic E-state index is -0.566. The highest BCUT2D eigenvalue weighted by Crippen LogP contribution is 2.31. The van der Waals surface area contributed by atoms with Gasteiger partial charge < -0.3 is 15.8 Å². The highest BCUT2D eigenvalue weighted by Gasteiger charge is 2.36. The zero-order valence-corrected chi connectivity index (χ0v) is 11.8. The van der Waals surface area contributed by atoms with Crippen LogP contribution < -0.4 is 15.8 Å². The quantitative estimate of drug-likeness (QED) is 0.638. The minimum absolute atomic E-state index is 0.00775. The van der Waals surface area contributed by atoms with Gasteiger partial charge in [-0.15, -0.1) is 0 Å². The summed E-state index contributed by atoms with van der Waals surface area (Å²) < 4.78 is 5.59. The van der Waals surface area contributed by atoms with E-state index in [9.17, 15) is 9.59 Å². The van der Waals surface area contributed by atoms with Crippen molar-refractivity contribution in [1.29, 1.82) is 0 Å². The molecular weight excluding hydrogens is 258 g/mol. The maximum atomic E-state index is 11.9. The summed E-state index contributed by atoms with van der Waals surface area (Å²) >= 11 is 0. The molecule has 0 spiro atoms. The zero-order valence-electron chi connectivity index (χ0n) is 11.8. The van der Waals surface area contributed by atoms with E-state index in [0.29, 0.717) is 17.1 Å². The van der Waals surface area contributed by atoms with Gasteiger partial charge in [0.25, 0.3) is 5.91 Å². The molecule has 6 heteroatoms. The Hall–Kier alpha value is -2.24. The summed E-state index contributed by atoms with van der Waals surface area (Å²) in [7, 11) is 1.48. The van der Waals surface area contributed by atoms with Gasteiger partial charge in [0.2, 0.25) is 5.91 Å². The number of nitrogen functional groups attached to an aromatic ring is 1. The predicted octanol–water partition coefficient (Wildman–Crippen LogP) is 1.23. The van der Waals surface area contributed by atoms with Gasteiger partial charge in [0.1, 0.15) is 11.8 Å². The number of nitrogens with two attached hydrogens (primary N) is 1. The third-order valence-corrected chi connectivity index (χ3v) is 3.14. The molecule has 108 valence electrons. The molecule has 6 nitrogen and oxygen atoms in total. The van der Waals surface area contributed by atoms with Gasteiger partial charge in [-0.3, -0.25) is 14.5 Å². The maximum absolute atomic E-state index is 11.9. The molecule has 0 radical (unpaired) electrons. The first-order valence-electron chi connectivity index (χ1n) is 6.52. The highest BCUT2D eigenvalue weighted by atomic mass is 16.5. The third-order valence-electron chi connectivity index (χ3n) is 3.14. The van der Waals surface area contributed by atoms with Crippen LogP contribution in [0.2, 0.25) is 0 Å². The average Bonchev–Trinajstić information content (AvgIpc) is 2.61. The van der Waals surface area contributed by atoms with Crippen LogP contribution in [0.3, 0.4) is 0 Å². The van der Waals surface area contributed by atoms with E-state index in [4.69, 9.17) is 10.5 Å². The van der Waals surface area contributed by atoms with Crippen molar-refractivity contribution < 1.29 is 14.3 Å². The van der Waals surface area contributed by atoms with E-state index in [0.717, 1.165) is 4.90 Å². The highest BCUT2D eigenvalue weighted by molar-refractivity contribution is 6.06. The average molecular weight is 277 g/mol. The fourth-order valence-electron chi connectivity index (χ4n) is 2.08. The van der Waals surface area contributed by atoms with Gasteiger partial charge in [-0.25, -0.2) is 0 Å². The molecule has 2 amide bonds. The molecular formula is C14H19N3O3. The number of benzene rings is 1. The Labute approximate surface area is 117 Å². The first kappa shape index (κ1) is 14.2. The molecule has 2 rings (SSSR count). The number of rotatable bonds is 4. The van der Waals surface area contributed by atoms with Gasteiger partial charge in [0.05, 0.1) is 23.9 Å². The number of anilines is 2. The van der Waals surface area contributed by atoms with Crippen molar-refractivity contribution in [3.63, 3.8) is 0 Å².